The Morgan fingerprint density at radius 3 is 2.50 bits per heavy atom. The number of rotatable bonds is 2. The molecule has 0 saturated carbocycles. The van der Waals surface area contributed by atoms with Crippen LogP contribution < -0.4 is 0 Å². The van der Waals surface area contributed by atoms with Crippen LogP contribution in [-0.2, 0) is 11.0 Å². The summed E-state index contributed by atoms with van der Waals surface area (Å²) in [6.45, 7) is 5.53. The first kappa shape index (κ1) is 13.8. The van der Waals surface area contributed by atoms with Crippen molar-refractivity contribution in [1.29, 1.82) is 0 Å². The van der Waals surface area contributed by atoms with Crippen molar-refractivity contribution in [2.45, 2.75) is 25.5 Å². The van der Waals surface area contributed by atoms with Crippen LogP contribution in [0.5, 0.6) is 0 Å². The molecule has 0 heterocycles. The van der Waals surface area contributed by atoms with E-state index in [0.29, 0.717) is 5.56 Å². The molecule has 0 aliphatic carbocycles. The van der Waals surface area contributed by atoms with Gasteiger partial charge in [-0.2, -0.15) is 4.40 Å². The molecule has 5 heteroatoms. The fourth-order valence-corrected chi connectivity index (χ4v) is 2.11. The Morgan fingerprint density at radius 2 is 2.00 bits per heavy atom. The Bertz CT molecular complexity index is 420. The lowest BCUT2D eigenvalue weighted by Gasteiger charge is -2.12. The molecule has 0 aliphatic heterocycles. The van der Waals surface area contributed by atoms with Crippen LogP contribution in [0, 0.1) is 9.39 Å². The lowest BCUT2D eigenvalue weighted by molar-refractivity contribution is 0.626. The largest absolute Gasteiger partial charge is 0.234 e. The SMILES string of the molecule is CC(C)(C)[S@@](=O)/N=C/c1cc(F)cc(I)c1. The normalized spacial score (nSPS) is 14.3. The molecule has 0 bridgehead atoms. The van der Waals surface area contributed by atoms with Gasteiger partial charge in [-0.15, -0.1) is 0 Å². The third kappa shape index (κ3) is 4.29. The molecule has 0 saturated heterocycles. The Balaban J connectivity index is 2.89. The van der Waals surface area contributed by atoms with E-state index in [-0.39, 0.29) is 5.82 Å². The third-order valence-corrected chi connectivity index (χ3v) is 3.67. The second-order valence-electron chi connectivity index (χ2n) is 4.30. The summed E-state index contributed by atoms with van der Waals surface area (Å²) in [5, 5.41) is 0. The quantitative estimate of drug-likeness (QED) is 0.593. The summed E-state index contributed by atoms with van der Waals surface area (Å²) in [6.07, 6.45) is 1.45. The van der Waals surface area contributed by atoms with Gasteiger partial charge in [0.15, 0.2) is 0 Å². The summed E-state index contributed by atoms with van der Waals surface area (Å²) in [4.78, 5) is 0. The van der Waals surface area contributed by atoms with Crippen LogP contribution in [0.1, 0.15) is 26.3 Å². The second kappa shape index (κ2) is 5.35. The summed E-state index contributed by atoms with van der Waals surface area (Å²) < 4.78 is 29.0. The van der Waals surface area contributed by atoms with Gasteiger partial charge < -0.3 is 0 Å². The zero-order chi connectivity index (χ0) is 12.3. The summed E-state index contributed by atoms with van der Waals surface area (Å²) in [5.41, 5.74) is 0.627. The Kier molecular flexibility index (Phi) is 4.61. The maximum absolute atomic E-state index is 13.0. The molecular formula is C11H13FINOS. The highest BCUT2D eigenvalue weighted by atomic mass is 127. The van der Waals surface area contributed by atoms with Gasteiger partial charge in [-0.25, -0.2) is 8.60 Å². The number of benzene rings is 1. The van der Waals surface area contributed by atoms with Gasteiger partial charge >= 0.3 is 0 Å². The maximum atomic E-state index is 13.0. The predicted octanol–water partition coefficient (Wildman–Crippen LogP) is 3.31. The molecule has 0 aromatic heterocycles. The van der Waals surface area contributed by atoms with Crippen LogP contribution in [0.4, 0.5) is 4.39 Å². The number of nitrogens with zero attached hydrogens (tertiary/aromatic N) is 1. The molecule has 0 radical (unpaired) electrons. The number of halogens is 2. The van der Waals surface area contributed by atoms with Gasteiger partial charge in [0.05, 0.1) is 4.75 Å². The first-order chi connectivity index (χ1) is 7.29. The smallest absolute Gasteiger partial charge is 0.144 e. The molecule has 0 fully saturated rings. The van der Waals surface area contributed by atoms with E-state index in [1.54, 1.807) is 6.07 Å². The van der Waals surface area contributed by atoms with E-state index in [4.69, 9.17) is 0 Å². The molecule has 0 spiro atoms. The van der Waals surface area contributed by atoms with E-state index in [1.165, 1.54) is 18.3 Å². The fraction of sp³-hybridized carbons (Fsp3) is 0.364. The zero-order valence-corrected chi connectivity index (χ0v) is 12.3. The molecule has 0 N–H and O–H groups in total. The van der Waals surface area contributed by atoms with Crippen molar-refractivity contribution in [2.75, 3.05) is 0 Å². The molecular weight excluding hydrogens is 340 g/mol. The minimum Gasteiger partial charge on any atom is -0.234 e. The average molecular weight is 353 g/mol. The standard InChI is InChI=1S/C11H13FINOS/c1-11(2,3)16(15)14-7-8-4-9(12)6-10(13)5-8/h4-7H,1-3H3/b14-7+/t16-/m1/s1. The van der Waals surface area contributed by atoms with Crippen molar-refractivity contribution in [3.8, 4) is 0 Å². The molecule has 1 rings (SSSR count). The molecule has 88 valence electrons. The number of hydrogen-bond donors (Lipinski definition) is 0. The van der Waals surface area contributed by atoms with E-state index < -0.39 is 15.7 Å². The molecule has 2 nitrogen and oxygen atoms in total. The predicted molar refractivity (Wildman–Crippen MR) is 74.6 cm³/mol. The Labute approximate surface area is 111 Å². The highest BCUT2D eigenvalue weighted by Gasteiger charge is 2.18. The van der Waals surface area contributed by atoms with Crippen molar-refractivity contribution in [2.24, 2.45) is 4.40 Å². The molecule has 0 unspecified atom stereocenters. The van der Waals surface area contributed by atoms with Crippen molar-refractivity contribution in [3.63, 3.8) is 0 Å². The van der Waals surface area contributed by atoms with Gasteiger partial charge in [0, 0.05) is 9.78 Å². The fourth-order valence-electron chi connectivity index (χ4n) is 0.917. The van der Waals surface area contributed by atoms with Gasteiger partial charge in [0.2, 0.25) is 0 Å². The number of hydrogen-bond acceptors (Lipinski definition) is 1. The van der Waals surface area contributed by atoms with Crippen LogP contribution in [0.3, 0.4) is 0 Å². The highest BCUT2D eigenvalue weighted by Crippen LogP contribution is 2.13. The molecule has 1 aromatic rings. The summed E-state index contributed by atoms with van der Waals surface area (Å²) >= 11 is 2.03. The third-order valence-electron chi connectivity index (χ3n) is 1.71. The Hall–Kier alpha value is -0.300. The van der Waals surface area contributed by atoms with Crippen molar-refractivity contribution in [1.82, 2.24) is 0 Å². The zero-order valence-electron chi connectivity index (χ0n) is 9.33. The lowest BCUT2D eigenvalue weighted by Crippen LogP contribution is -2.19. The van der Waals surface area contributed by atoms with E-state index in [1.807, 2.05) is 43.4 Å². The minimum absolute atomic E-state index is 0.310. The maximum Gasteiger partial charge on any atom is 0.144 e. The van der Waals surface area contributed by atoms with Crippen LogP contribution >= 0.6 is 22.6 Å². The van der Waals surface area contributed by atoms with Crippen molar-refractivity contribution >= 4 is 39.8 Å². The van der Waals surface area contributed by atoms with E-state index >= 15 is 0 Å². The molecule has 16 heavy (non-hydrogen) atoms. The molecule has 0 amide bonds. The van der Waals surface area contributed by atoms with Crippen LogP contribution in [0.2, 0.25) is 0 Å². The van der Waals surface area contributed by atoms with E-state index in [2.05, 4.69) is 4.40 Å². The lowest BCUT2D eigenvalue weighted by atomic mass is 10.2. The van der Waals surface area contributed by atoms with Gasteiger partial charge in [-0.3, -0.25) is 0 Å². The first-order valence-corrected chi connectivity index (χ1v) is 6.90. The average Bonchev–Trinajstić information content (AvgIpc) is 2.11. The summed E-state index contributed by atoms with van der Waals surface area (Å²) in [7, 11) is -1.31. The van der Waals surface area contributed by atoms with Crippen molar-refractivity contribution < 1.29 is 8.60 Å². The van der Waals surface area contributed by atoms with Gasteiger partial charge in [0.1, 0.15) is 16.8 Å². The van der Waals surface area contributed by atoms with Crippen molar-refractivity contribution in [3.05, 3.63) is 33.1 Å². The minimum atomic E-state index is -1.31. The van der Waals surface area contributed by atoms with Crippen LogP contribution in [-0.4, -0.2) is 15.2 Å². The summed E-state index contributed by atoms with van der Waals surface area (Å²) in [5.74, 6) is -0.310. The first-order valence-electron chi connectivity index (χ1n) is 4.71. The van der Waals surface area contributed by atoms with E-state index in [0.717, 1.165) is 3.57 Å². The second-order valence-corrected chi connectivity index (χ2v) is 7.48. The van der Waals surface area contributed by atoms with Crippen LogP contribution in [0.15, 0.2) is 22.6 Å². The summed E-state index contributed by atoms with van der Waals surface area (Å²) in [6, 6.07) is 4.58. The Morgan fingerprint density at radius 1 is 1.38 bits per heavy atom. The van der Waals surface area contributed by atoms with Gasteiger partial charge in [0.25, 0.3) is 0 Å². The van der Waals surface area contributed by atoms with Gasteiger partial charge in [-0.05, 0) is 67.1 Å². The monoisotopic (exact) mass is 353 g/mol. The van der Waals surface area contributed by atoms with Gasteiger partial charge in [-0.1, -0.05) is 0 Å². The van der Waals surface area contributed by atoms with Crippen LogP contribution in [0.25, 0.3) is 0 Å². The molecule has 1 aromatic carbocycles. The van der Waals surface area contributed by atoms with E-state index in [9.17, 15) is 8.60 Å². The molecule has 0 aliphatic rings. The highest BCUT2D eigenvalue weighted by molar-refractivity contribution is 14.1. The molecule has 1 atom stereocenters. The topological polar surface area (TPSA) is 29.4 Å².